The Morgan fingerprint density at radius 3 is 2.62 bits per heavy atom. The summed E-state index contributed by atoms with van der Waals surface area (Å²) in [6.45, 7) is 4.15. The highest BCUT2D eigenvalue weighted by Gasteiger charge is 2.23. The zero-order valence-electron chi connectivity index (χ0n) is 12.2. The second-order valence-corrected chi connectivity index (χ2v) is 6.48. The molecule has 2 aromatic rings. The minimum absolute atomic E-state index is 0.179. The summed E-state index contributed by atoms with van der Waals surface area (Å²) in [5, 5.41) is 0. The predicted molar refractivity (Wildman–Crippen MR) is 90.7 cm³/mol. The summed E-state index contributed by atoms with van der Waals surface area (Å²) in [7, 11) is 0. The van der Waals surface area contributed by atoms with Gasteiger partial charge in [-0.25, -0.2) is 0 Å². The number of allylic oxidation sites excluding steroid dienone is 1. The van der Waals surface area contributed by atoms with Crippen LogP contribution in [0.15, 0.2) is 46.4 Å². The Kier molecular flexibility index (Phi) is 3.81. The van der Waals surface area contributed by atoms with Crippen molar-refractivity contribution < 1.29 is 4.79 Å². The van der Waals surface area contributed by atoms with Gasteiger partial charge in [0.1, 0.15) is 0 Å². The van der Waals surface area contributed by atoms with Crippen LogP contribution in [0.4, 0.5) is 0 Å². The van der Waals surface area contributed by atoms with Gasteiger partial charge in [0.25, 0.3) is 0 Å². The lowest BCUT2D eigenvalue weighted by Crippen LogP contribution is -2.15. The Bertz CT molecular complexity index is 756. The molecular weight excluding hydrogens is 324 g/mol. The lowest BCUT2D eigenvalue weighted by Gasteiger charge is -2.20. The van der Waals surface area contributed by atoms with Gasteiger partial charge in [-0.2, -0.15) is 0 Å². The van der Waals surface area contributed by atoms with Crippen molar-refractivity contribution in [1.29, 1.82) is 0 Å². The normalized spacial score (nSPS) is 16.1. The van der Waals surface area contributed by atoms with Crippen molar-refractivity contribution in [1.82, 2.24) is 0 Å². The lowest BCUT2D eigenvalue weighted by molar-refractivity contribution is 0.102. The molecule has 1 nitrogen and oxygen atoms in total. The fourth-order valence-electron chi connectivity index (χ4n) is 3.00. The molecule has 0 radical (unpaired) electrons. The van der Waals surface area contributed by atoms with E-state index >= 15 is 0 Å². The van der Waals surface area contributed by atoms with E-state index in [2.05, 4.69) is 28.9 Å². The van der Waals surface area contributed by atoms with Crippen molar-refractivity contribution in [2.45, 2.75) is 26.7 Å². The molecule has 1 aliphatic rings. The average molecular weight is 341 g/mol. The number of carbonyl (C=O) groups is 1. The Labute approximate surface area is 133 Å². The van der Waals surface area contributed by atoms with Crippen LogP contribution in [0.2, 0.25) is 0 Å². The molecule has 0 aromatic heterocycles. The van der Waals surface area contributed by atoms with Crippen molar-refractivity contribution in [2.75, 3.05) is 0 Å². The summed E-state index contributed by atoms with van der Waals surface area (Å²) < 4.78 is 1.02. The Balaban J connectivity index is 2.05. The van der Waals surface area contributed by atoms with E-state index in [1.165, 1.54) is 11.1 Å². The van der Waals surface area contributed by atoms with Crippen LogP contribution in [0.25, 0.3) is 6.08 Å². The molecule has 0 amide bonds. The third-order valence-corrected chi connectivity index (χ3v) is 4.76. The average Bonchev–Trinajstić information content (AvgIpc) is 2.44. The molecule has 0 saturated heterocycles. The zero-order chi connectivity index (χ0) is 15.0. The van der Waals surface area contributed by atoms with E-state index in [0.717, 1.165) is 39.6 Å². The highest BCUT2D eigenvalue weighted by atomic mass is 79.9. The number of halogens is 1. The topological polar surface area (TPSA) is 17.1 Å². The first kappa shape index (κ1) is 14.3. The van der Waals surface area contributed by atoms with Crippen molar-refractivity contribution in [2.24, 2.45) is 0 Å². The number of rotatable bonds is 1. The molecule has 0 heterocycles. The summed E-state index contributed by atoms with van der Waals surface area (Å²) in [5.74, 6) is 0.179. The zero-order valence-corrected chi connectivity index (χ0v) is 13.8. The van der Waals surface area contributed by atoms with E-state index in [-0.39, 0.29) is 5.78 Å². The molecule has 0 bridgehead atoms. The molecule has 0 unspecified atom stereocenters. The number of benzene rings is 2. The van der Waals surface area contributed by atoms with Crippen LogP contribution >= 0.6 is 15.9 Å². The molecule has 1 aliphatic carbocycles. The largest absolute Gasteiger partial charge is 0.289 e. The van der Waals surface area contributed by atoms with E-state index in [4.69, 9.17) is 0 Å². The first-order valence-electron chi connectivity index (χ1n) is 7.16. The smallest absolute Gasteiger partial charge is 0.189 e. The number of hydrogen-bond acceptors (Lipinski definition) is 1. The van der Waals surface area contributed by atoms with Gasteiger partial charge in [0.15, 0.2) is 5.78 Å². The molecule has 0 spiro atoms. The van der Waals surface area contributed by atoms with Crippen molar-refractivity contribution in [3.05, 3.63) is 74.3 Å². The standard InChI is InChI=1S/C19H17BrO/c1-12-9-13(2)16-8-7-15(19(21)17(16)10-12)11-14-5-3-4-6-18(14)20/h3-6,9-11H,7-8H2,1-2H3/b15-11-. The second-order valence-electron chi connectivity index (χ2n) is 5.63. The third-order valence-electron chi connectivity index (χ3n) is 4.03. The summed E-state index contributed by atoms with van der Waals surface area (Å²) >= 11 is 3.54. The number of fused-ring (bicyclic) bond motifs is 1. The molecule has 0 aliphatic heterocycles. The minimum Gasteiger partial charge on any atom is -0.289 e. The van der Waals surface area contributed by atoms with E-state index in [9.17, 15) is 4.79 Å². The van der Waals surface area contributed by atoms with E-state index in [1.54, 1.807) is 0 Å². The monoisotopic (exact) mass is 340 g/mol. The molecule has 2 aromatic carbocycles. The van der Waals surface area contributed by atoms with E-state index in [1.807, 2.05) is 43.3 Å². The van der Waals surface area contributed by atoms with Gasteiger partial charge >= 0.3 is 0 Å². The van der Waals surface area contributed by atoms with Gasteiger partial charge < -0.3 is 0 Å². The molecular formula is C19H17BrO. The third kappa shape index (κ3) is 2.73. The van der Waals surface area contributed by atoms with Crippen LogP contribution in [-0.2, 0) is 6.42 Å². The van der Waals surface area contributed by atoms with Gasteiger partial charge in [0.05, 0.1) is 0 Å². The maximum atomic E-state index is 12.8. The second kappa shape index (κ2) is 5.61. The number of ketones is 1. The van der Waals surface area contributed by atoms with E-state index < -0.39 is 0 Å². The molecule has 0 fully saturated rings. The first-order chi connectivity index (χ1) is 10.1. The Morgan fingerprint density at radius 1 is 1.10 bits per heavy atom. The lowest BCUT2D eigenvalue weighted by atomic mass is 9.83. The quantitative estimate of drug-likeness (QED) is 0.645. The van der Waals surface area contributed by atoms with Gasteiger partial charge in [0.2, 0.25) is 0 Å². The van der Waals surface area contributed by atoms with E-state index in [0.29, 0.717) is 0 Å². The number of aryl methyl sites for hydroxylation is 2. The summed E-state index contributed by atoms with van der Waals surface area (Å²) in [4.78, 5) is 12.8. The molecule has 0 saturated carbocycles. The Hall–Kier alpha value is -1.67. The molecule has 21 heavy (non-hydrogen) atoms. The predicted octanol–water partition coefficient (Wildman–Crippen LogP) is 5.28. The van der Waals surface area contributed by atoms with Crippen LogP contribution in [-0.4, -0.2) is 5.78 Å². The van der Waals surface area contributed by atoms with Crippen molar-refractivity contribution >= 4 is 27.8 Å². The highest BCUT2D eigenvalue weighted by molar-refractivity contribution is 9.10. The summed E-state index contributed by atoms with van der Waals surface area (Å²) in [6.07, 6.45) is 3.79. The van der Waals surface area contributed by atoms with Gasteiger partial charge in [-0.3, -0.25) is 4.79 Å². The van der Waals surface area contributed by atoms with Crippen molar-refractivity contribution in [3.63, 3.8) is 0 Å². The van der Waals surface area contributed by atoms with Gasteiger partial charge in [-0.05, 0) is 61.6 Å². The van der Waals surface area contributed by atoms with Gasteiger partial charge in [0, 0.05) is 15.6 Å². The summed E-state index contributed by atoms with van der Waals surface area (Å²) in [6, 6.07) is 12.2. The summed E-state index contributed by atoms with van der Waals surface area (Å²) in [5.41, 5.74) is 6.46. The maximum absolute atomic E-state index is 12.8. The molecule has 0 N–H and O–H groups in total. The number of carbonyl (C=O) groups excluding carboxylic acids is 1. The van der Waals surface area contributed by atoms with Crippen LogP contribution in [0.5, 0.6) is 0 Å². The fourth-order valence-corrected chi connectivity index (χ4v) is 3.39. The van der Waals surface area contributed by atoms with Crippen LogP contribution in [0, 0.1) is 13.8 Å². The van der Waals surface area contributed by atoms with Crippen LogP contribution < -0.4 is 0 Å². The van der Waals surface area contributed by atoms with Gasteiger partial charge in [-0.1, -0.05) is 45.8 Å². The van der Waals surface area contributed by atoms with Crippen molar-refractivity contribution in [3.8, 4) is 0 Å². The number of hydrogen-bond donors (Lipinski definition) is 0. The number of Topliss-reactive ketones (excluding diaryl/α,β-unsaturated/α-hetero) is 1. The molecule has 2 heteroatoms. The maximum Gasteiger partial charge on any atom is 0.189 e. The first-order valence-corrected chi connectivity index (χ1v) is 7.95. The Morgan fingerprint density at radius 2 is 1.86 bits per heavy atom. The molecule has 106 valence electrons. The van der Waals surface area contributed by atoms with Crippen LogP contribution in [0.1, 0.15) is 39.0 Å². The molecule has 3 rings (SSSR count). The molecule has 0 atom stereocenters. The van der Waals surface area contributed by atoms with Gasteiger partial charge in [-0.15, -0.1) is 0 Å². The SMILES string of the molecule is Cc1cc(C)c2c(c1)C(=O)/C(=C\c1ccccc1Br)CC2. The van der Waals surface area contributed by atoms with Crippen LogP contribution in [0.3, 0.4) is 0 Å². The minimum atomic E-state index is 0.179. The highest BCUT2D eigenvalue weighted by Crippen LogP contribution is 2.30. The fraction of sp³-hybridized carbons (Fsp3) is 0.211.